The van der Waals surface area contributed by atoms with Crippen LogP contribution in [0.5, 0.6) is 0 Å². The van der Waals surface area contributed by atoms with Crippen LogP contribution in [-0.4, -0.2) is 52.0 Å². The number of thiophene rings is 1. The first kappa shape index (κ1) is 15.0. The van der Waals surface area contributed by atoms with Gasteiger partial charge in [0, 0.05) is 19.6 Å². The van der Waals surface area contributed by atoms with Gasteiger partial charge < -0.3 is 10.1 Å². The summed E-state index contributed by atoms with van der Waals surface area (Å²) in [6, 6.07) is 1.49. The minimum Gasteiger partial charge on any atom is -0.465 e. The fourth-order valence-corrected chi connectivity index (χ4v) is 5.99. The molecule has 1 aromatic heterocycles. The van der Waals surface area contributed by atoms with Crippen molar-refractivity contribution in [3.8, 4) is 0 Å². The van der Waals surface area contributed by atoms with Crippen LogP contribution in [0.3, 0.4) is 0 Å². The van der Waals surface area contributed by atoms with E-state index in [0.717, 1.165) is 37.3 Å². The Morgan fingerprint density at radius 3 is 2.95 bits per heavy atom. The Labute approximate surface area is 128 Å². The molecule has 116 valence electrons. The first-order valence-electron chi connectivity index (χ1n) is 6.85. The van der Waals surface area contributed by atoms with Crippen LogP contribution in [0.25, 0.3) is 0 Å². The van der Waals surface area contributed by atoms with Gasteiger partial charge in [-0.1, -0.05) is 0 Å². The molecule has 2 fully saturated rings. The Hall–Kier alpha value is -0.960. The summed E-state index contributed by atoms with van der Waals surface area (Å²) >= 11 is 1.10. The van der Waals surface area contributed by atoms with Crippen molar-refractivity contribution in [3.05, 3.63) is 16.3 Å². The van der Waals surface area contributed by atoms with Gasteiger partial charge in [-0.2, -0.15) is 4.31 Å². The Kier molecular flexibility index (Phi) is 3.81. The zero-order valence-electron chi connectivity index (χ0n) is 11.8. The molecule has 2 saturated heterocycles. The second-order valence-electron chi connectivity index (χ2n) is 5.62. The number of sulfonamides is 1. The maximum Gasteiger partial charge on any atom is 0.349 e. The summed E-state index contributed by atoms with van der Waals surface area (Å²) in [5, 5.41) is 4.92. The van der Waals surface area contributed by atoms with E-state index < -0.39 is 16.0 Å². The van der Waals surface area contributed by atoms with Crippen molar-refractivity contribution in [2.75, 3.05) is 33.3 Å². The molecule has 1 spiro atoms. The number of carbonyl (C=O) groups is 1. The van der Waals surface area contributed by atoms with E-state index in [-0.39, 0.29) is 15.2 Å². The molecule has 0 radical (unpaired) electrons. The van der Waals surface area contributed by atoms with Gasteiger partial charge in [-0.3, -0.25) is 0 Å². The second kappa shape index (κ2) is 5.35. The largest absolute Gasteiger partial charge is 0.465 e. The van der Waals surface area contributed by atoms with Crippen molar-refractivity contribution in [3.63, 3.8) is 0 Å². The van der Waals surface area contributed by atoms with E-state index in [1.807, 2.05) is 0 Å². The summed E-state index contributed by atoms with van der Waals surface area (Å²) in [5.74, 6) is -0.597. The smallest absolute Gasteiger partial charge is 0.349 e. The molecule has 0 bridgehead atoms. The molecule has 0 aromatic carbocycles. The van der Waals surface area contributed by atoms with Gasteiger partial charge in [0.25, 0.3) is 0 Å². The van der Waals surface area contributed by atoms with Crippen LogP contribution >= 0.6 is 11.3 Å². The Balaban J connectivity index is 1.88. The average molecular weight is 330 g/mol. The highest BCUT2D eigenvalue weighted by atomic mass is 32.2. The van der Waals surface area contributed by atoms with Gasteiger partial charge >= 0.3 is 5.97 Å². The summed E-state index contributed by atoms with van der Waals surface area (Å²) in [5.41, 5.74) is 0.0640. The van der Waals surface area contributed by atoms with Crippen molar-refractivity contribution < 1.29 is 17.9 Å². The third-order valence-electron chi connectivity index (χ3n) is 4.35. The minimum atomic E-state index is -3.63. The van der Waals surface area contributed by atoms with Crippen LogP contribution in [0, 0.1) is 5.41 Å². The number of hydrogen-bond donors (Lipinski definition) is 1. The molecule has 3 rings (SSSR count). The molecule has 21 heavy (non-hydrogen) atoms. The van der Waals surface area contributed by atoms with E-state index in [1.54, 1.807) is 5.38 Å². The maximum absolute atomic E-state index is 12.8. The molecule has 0 amide bonds. The van der Waals surface area contributed by atoms with Gasteiger partial charge in [0.2, 0.25) is 10.0 Å². The highest BCUT2D eigenvalue weighted by Gasteiger charge is 2.45. The Morgan fingerprint density at radius 1 is 1.48 bits per heavy atom. The lowest BCUT2D eigenvalue weighted by Crippen LogP contribution is -2.33. The molecule has 0 aliphatic carbocycles. The summed E-state index contributed by atoms with van der Waals surface area (Å²) < 4.78 is 31.7. The highest BCUT2D eigenvalue weighted by molar-refractivity contribution is 7.89. The Morgan fingerprint density at radius 2 is 2.29 bits per heavy atom. The zero-order valence-corrected chi connectivity index (χ0v) is 13.4. The van der Waals surface area contributed by atoms with Crippen molar-refractivity contribution in [2.45, 2.75) is 17.7 Å². The van der Waals surface area contributed by atoms with E-state index in [2.05, 4.69) is 10.1 Å². The van der Waals surface area contributed by atoms with Crippen LogP contribution in [-0.2, 0) is 14.8 Å². The van der Waals surface area contributed by atoms with E-state index in [1.165, 1.54) is 17.5 Å². The number of hydrogen-bond acceptors (Lipinski definition) is 6. The number of methoxy groups -OCH3 is 1. The molecule has 8 heteroatoms. The van der Waals surface area contributed by atoms with Gasteiger partial charge in [0.1, 0.15) is 9.77 Å². The molecule has 1 atom stereocenters. The van der Waals surface area contributed by atoms with Crippen LogP contribution in [0.4, 0.5) is 0 Å². The number of rotatable bonds is 3. The SMILES string of the molecule is COC(=O)c1sccc1S(=O)(=O)N1CCC2(CCNC2)C1. The summed E-state index contributed by atoms with van der Waals surface area (Å²) in [4.78, 5) is 11.9. The fraction of sp³-hybridized carbons (Fsp3) is 0.615. The van der Waals surface area contributed by atoms with Gasteiger partial charge in [0.05, 0.1) is 7.11 Å². The van der Waals surface area contributed by atoms with Crippen LogP contribution < -0.4 is 5.32 Å². The van der Waals surface area contributed by atoms with Gasteiger partial charge in [-0.15, -0.1) is 11.3 Å². The molecule has 0 saturated carbocycles. The van der Waals surface area contributed by atoms with Gasteiger partial charge in [-0.05, 0) is 36.2 Å². The summed E-state index contributed by atoms with van der Waals surface area (Å²) in [7, 11) is -2.37. The van der Waals surface area contributed by atoms with Crippen molar-refractivity contribution in [1.29, 1.82) is 0 Å². The Bertz CT molecular complexity index is 647. The van der Waals surface area contributed by atoms with Crippen molar-refractivity contribution in [1.82, 2.24) is 9.62 Å². The summed E-state index contributed by atoms with van der Waals surface area (Å²) in [6.45, 7) is 2.85. The fourth-order valence-electron chi connectivity index (χ4n) is 3.12. The molecule has 1 aromatic rings. The molecule has 2 aliphatic rings. The summed E-state index contributed by atoms with van der Waals surface area (Å²) in [6.07, 6.45) is 1.88. The number of esters is 1. The van der Waals surface area contributed by atoms with Crippen LogP contribution in [0.2, 0.25) is 0 Å². The normalized spacial score (nSPS) is 26.5. The van der Waals surface area contributed by atoms with E-state index in [4.69, 9.17) is 0 Å². The third kappa shape index (κ3) is 2.50. The number of ether oxygens (including phenoxy) is 1. The maximum atomic E-state index is 12.8. The van der Waals surface area contributed by atoms with Gasteiger partial charge in [0.15, 0.2) is 0 Å². The lowest BCUT2D eigenvalue weighted by atomic mass is 9.87. The van der Waals surface area contributed by atoms with Crippen LogP contribution in [0.15, 0.2) is 16.3 Å². The number of nitrogens with one attached hydrogen (secondary N) is 1. The predicted molar refractivity (Wildman–Crippen MR) is 79.0 cm³/mol. The van der Waals surface area contributed by atoms with E-state index in [0.29, 0.717) is 13.1 Å². The van der Waals surface area contributed by atoms with Gasteiger partial charge in [-0.25, -0.2) is 13.2 Å². The highest BCUT2D eigenvalue weighted by Crippen LogP contribution is 2.39. The lowest BCUT2D eigenvalue weighted by molar-refractivity contribution is 0.0602. The number of carbonyl (C=O) groups excluding carboxylic acids is 1. The predicted octanol–water partition coefficient (Wildman–Crippen LogP) is 0.909. The lowest BCUT2D eigenvalue weighted by Gasteiger charge is -2.22. The second-order valence-corrected chi connectivity index (χ2v) is 8.44. The van der Waals surface area contributed by atoms with Crippen molar-refractivity contribution in [2.24, 2.45) is 5.41 Å². The monoisotopic (exact) mass is 330 g/mol. The first-order valence-corrected chi connectivity index (χ1v) is 9.17. The zero-order chi connectivity index (χ0) is 15.1. The quantitative estimate of drug-likeness (QED) is 0.834. The van der Waals surface area contributed by atoms with Crippen molar-refractivity contribution >= 4 is 27.3 Å². The molecule has 2 aliphatic heterocycles. The number of nitrogens with zero attached hydrogens (tertiary/aromatic N) is 1. The molecule has 1 N–H and O–H groups in total. The van der Waals surface area contributed by atoms with E-state index >= 15 is 0 Å². The topological polar surface area (TPSA) is 75.7 Å². The minimum absolute atomic E-state index is 0.0640. The molecular weight excluding hydrogens is 312 g/mol. The average Bonchev–Trinajstić information content (AvgIpc) is 3.19. The molecule has 6 nitrogen and oxygen atoms in total. The van der Waals surface area contributed by atoms with Crippen LogP contribution in [0.1, 0.15) is 22.5 Å². The first-order chi connectivity index (χ1) is 9.98. The van der Waals surface area contributed by atoms with E-state index in [9.17, 15) is 13.2 Å². The molecule has 3 heterocycles. The standard InChI is InChI=1S/C13H18N2O4S2/c1-19-12(16)11-10(2-7-20-11)21(17,18)15-6-4-13(9-15)3-5-14-8-13/h2,7,14H,3-6,8-9H2,1H3. The third-order valence-corrected chi connectivity index (χ3v) is 7.26. The molecular formula is C13H18N2O4S2. The molecule has 1 unspecified atom stereocenters.